The van der Waals surface area contributed by atoms with E-state index in [4.69, 9.17) is 9.47 Å². The number of ether oxygens (including phenoxy) is 2. The molecule has 0 aromatic carbocycles. The van der Waals surface area contributed by atoms with Gasteiger partial charge in [-0.3, -0.25) is 9.59 Å². The summed E-state index contributed by atoms with van der Waals surface area (Å²) >= 11 is 0. The first-order valence-electron chi connectivity index (χ1n) is 10.9. The Kier molecular flexibility index (Phi) is 9.91. The summed E-state index contributed by atoms with van der Waals surface area (Å²) in [4.78, 5) is 26.3. The summed E-state index contributed by atoms with van der Waals surface area (Å²) in [5, 5.41) is 3.65. The van der Waals surface area contributed by atoms with Crippen LogP contribution in [0.4, 0.5) is 0 Å². The Hall–Kier alpha value is -1.14. The van der Waals surface area contributed by atoms with Crippen LogP contribution in [-0.4, -0.2) is 60.3 Å². The Labute approximate surface area is 171 Å². The van der Waals surface area contributed by atoms with E-state index in [1.54, 1.807) is 0 Å². The number of carbonyl (C=O) groups is 2. The Morgan fingerprint density at radius 3 is 2.25 bits per heavy atom. The van der Waals surface area contributed by atoms with Crippen molar-refractivity contribution in [2.75, 3.05) is 26.2 Å². The summed E-state index contributed by atoms with van der Waals surface area (Å²) in [6, 6.07) is 0. The van der Waals surface area contributed by atoms with Crippen LogP contribution in [0.2, 0.25) is 0 Å². The first kappa shape index (κ1) is 24.9. The zero-order valence-electron chi connectivity index (χ0n) is 19.1. The van der Waals surface area contributed by atoms with E-state index in [1.807, 2.05) is 6.92 Å². The van der Waals surface area contributed by atoms with Gasteiger partial charge in [0.2, 0.25) is 0 Å². The van der Waals surface area contributed by atoms with Gasteiger partial charge >= 0.3 is 11.9 Å². The first-order valence-corrected chi connectivity index (χ1v) is 10.9. The Bertz CT molecular complexity index is 505. The molecule has 6 heteroatoms. The molecule has 0 aromatic heterocycles. The lowest BCUT2D eigenvalue weighted by molar-refractivity contribution is -0.158. The highest BCUT2D eigenvalue weighted by molar-refractivity contribution is 5.70. The standard InChI is InChI=1S/C22H42N2O4/c1-8-10-15-27-19(25)11-13-24(9-2)14-12-20(26)28-18-16-21(4,5)23-22(6,7)17(18)3/h17-18,23H,8-16H2,1-7H3. The maximum absolute atomic E-state index is 12.5. The first-order chi connectivity index (χ1) is 13.0. The van der Waals surface area contributed by atoms with Gasteiger partial charge in [-0.05, 0) is 40.7 Å². The summed E-state index contributed by atoms with van der Waals surface area (Å²) in [6.07, 6.45) is 3.35. The topological polar surface area (TPSA) is 67.9 Å². The van der Waals surface area contributed by atoms with E-state index < -0.39 is 0 Å². The summed E-state index contributed by atoms with van der Waals surface area (Å²) in [6.45, 7) is 17.4. The summed E-state index contributed by atoms with van der Waals surface area (Å²) < 4.78 is 11.1. The molecule has 1 rings (SSSR count). The molecule has 0 amide bonds. The zero-order valence-corrected chi connectivity index (χ0v) is 19.1. The summed E-state index contributed by atoms with van der Waals surface area (Å²) in [7, 11) is 0. The third-order valence-corrected chi connectivity index (χ3v) is 5.82. The van der Waals surface area contributed by atoms with Crippen molar-refractivity contribution in [2.24, 2.45) is 5.92 Å². The Balaban J connectivity index is 2.42. The van der Waals surface area contributed by atoms with Crippen molar-refractivity contribution in [3.63, 3.8) is 0 Å². The van der Waals surface area contributed by atoms with Crippen LogP contribution in [0.15, 0.2) is 0 Å². The molecular weight excluding hydrogens is 356 g/mol. The van der Waals surface area contributed by atoms with Crippen molar-refractivity contribution in [3.05, 3.63) is 0 Å². The number of piperidine rings is 1. The van der Waals surface area contributed by atoms with Gasteiger partial charge in [0.1, 0.15) is 6.10 Å². The minimum Gasteiger partial charge on any atom is -0.466 e. The molecule has 1 heterocycles. The van der Waals surface area contributed by atoms with Gasteiger partial charge in [0.25, 0.3) is 0 Å². The number of esters is 2. The molecule has 1 fully saturated rings. The molecule has 1 aliphatic rings. The van der Waals surface area contributed by atoms with Gasteiger partial charge in [0.15, 0.2) is 0 Å². The van der Waals surface area contributed by atoms with E-state index in [0.29, 0.717) is 32.5 Å². The molecular formula is C22H42N2O4. The second-order valence-electron chi connectivity index (χ2n) is 9.26. The van der Waals surface area contributed by atoms with Gasteiger partial charge in [-0.2, -0.15) is 0 Å². The molecule has 0 radical (unpaired) electrons. The number of carbonyl (C=O) groups excluding carboxylic acids is 2. The maximum Gasteiger partial charge on any atom is 0.307 e. The van der Waals surface area contributed by atoms with E-state index in [9.17, 15) is 9.59 Å². The van der Waals surface area contributed by atoms with Crippen LogP contribution >= 0.6 is 0 Å². The fourth-order valence-corrected chi connectivity index (χ4v) is 3.88. The molecule has 164 valence electrons. The molecule has 0 aliphatic carbocycles. The minimum absolute atomic E-state index is 0.0610. The lowest BCUT2D eigenvalue weighted by atomic mass is 9.73. The Morgan fingerprint density at radius 1 is 1.07 bits per heavy atom. The minimum atomic E-state index is -0.164. The second kappa shape index (κ2) is 11.1. The van der Waals surface area contributed by atoms with Crippen molar-refractivity contribution < 1.29 is 19.1 Å². The summed E-state index contributed by atoms with van der Waals surface area (Å²) in [5.41, 5.74) is -0.144. The zero-order chi connectivity index (χ0) is 21.4. The highest BCUT2D eigenvalue weighted by atomic mass is 16.5. The lowest BCUT2D eigenvalue weighted by Gasteiger charge is -2.50. The van der Waals surface area contributed by atoms with Gasteiger partial charge in [0.05, 0.1) is 19.4 Å². The quantitative estimate of drug-likeness (QED) is 0.424. The molecule has 0 saturated carbocycles. The van der Waals surface area contributed by atoms with Crippen LogP contribution in [0.1, 0.15) is 80.6 Å². The predicted molar refractivity (Wildman–Crippen MR) is 112 cm³/mol. The van der Waals surface area contributed by atoms with E-state index in [2.05, 4.69) is 51.8 Å². The monoisotopic (exact) mass is 398 g/mol. The average Bonchev–Trinajstić information content (AvgIpc) is 2.58. The second-order valence-corrected chi connectivity index (χ2v) is 9.26. The highest BCUT2D eigenvalue weighted by Gasteiger charge is 2.44. The fourth-order valence-electron chi connectivity index (χ4n) is 3.88. The number of nitrogens with zero attached hydrogens (tertiary/aromatic N) is 1. The van der Waals surface area contributed by atoms with E-state index in [0.717, 1.165) is 25.8 Å². The molecule has 2 atom stereocenters. The fraction of sp³-hybridized carbons (Fsp3) is 0.909. The molecule has 2 unspecified atom stereocenters. The molecule has 0 spiro atoms. The van der Waals surface area contributed by atoms with Crippen LogP contribution < -0.4 is 5.32 Å². The lowest BCUT2D eigenvalue weighted by Crippen LogP contribution is -2.64. The smallest absolute Gasteiger partial charge is 0.307 e. The van der Waals surface area contributed by atoms with Crippen molar-refractivity contribution in [2.45, 2.75) is 97.8 Å². The SMILES string of the molecule is CCCCOC(=O)CCN(CC)CCC(=O)OC1CC(C)(C)NC(C)(C)C1C. The van der Waals surface area contributed by atoms with Gasteiger partial charge in [-0.25, -0.2) is 0 Å². The van der Waals surface area contributed by atoms with E-state index in [-0.39, 0.29) is 35.0 Å². The third kappa shape index (κ3) is 8.48. The number of unbranched alkanes of at least 4 members (excludes halogenated alkanes) is 1. The van der Waals surface area contributed by atoms with Gasteiger partial charge in [-0.1, -0.05) is 27.2 Å². The number of nitrogens with one attached hydrogen (secondary N) is 1. The van der Waals surface area contributed by atoms with Gasteiger partial charge in [0, 0.05) is 36.5 Å². The maximum atomic E-state index is 12.5. The van der Waals surface area contributed by atoms with Gasteiger partial charge in [-0.15, -0.1) is 0 Å². The predicted octanol–water partition coefficient (Wildman–Crippen LogP) is 3.53. The van der Waals surface area contributed by atoms with Crippen LogP contribution in [0.25, 0.3) is 0 Å². The largest absolute Gasteiger partial charge is 0.466 e. The van der Waals surface area contributed by atoms with Crippen LogP contribution in [0.3, 0.4) is 0 Å². The number of rotatable bonds is 11. The molecule has 0 bridgehead atoms. The molecule has 6 nitrogen and oxygen atoms in total. The molecule has 28 heavy (non-hydrogen) atoms. The number of hydrogen-bond donors (Lipinski definition) is 1. The number of hydrogen-bond acceptors (Lipinski definition) is 6. The van der Waals surface area contributed by atoms with Gasteiger partial charge < -0.3 is 19.7 Å². The molecule has 1 aliphatic heterocycles. The van der Waals surface area contributed by atoms with Crippen LogP contribution in [0, 0.1) is 5.92 Å². The van der Waals surface area contributed by atoms with E-state index >= 15 is 0 Å². The van der Waals surface area contributed by atoms with E-state index in [1.165, 1.54) is 0 Å². The molecule has 1 saturated heterocycles. The van der Waals surface area contributed by atoms with Crippen molar-refractivity contribution in [3.8, 4) is 0 Å². The summed E-state index contributed by atoms with van der Waals surface area (Å²) in [5.74, 6) is -0.0820. The van der Waals surface area contributed by atoms with Crippen LogP contribution in [0.5, 0.6) is 0 Å². The molecule has 0 aromatic rings. The van der Waals surface area contributed by atoms with Crippen molar-refractivity contribution in [1.82, 2.24) is 10.2 Å². The normalized spacial score (nSPS) is 23.4. The Morgan fingerprint density at radius 2 is 1.68 bits per heavy atom. The van der Waals surface area contributed by atoms with Crippen molar-refractivity contribution in [1.29, 1.82) is 0 Å². The highest BCUT2D eigenvalue weighted by Crippen LogP contribution is 2.35. The average molecular weight is 399 g/mol. The third-order valence-electron chi connectivity index (χ3n) is 5.82. The van der Waals surface area contributed by atoms with Crippen LogP contribution in [-0.2, 0) is 19.1 Å². The molecule has 1 N–H and O–H groups in total. The van der Waals surface area contributed by atoms with Crippen molar-refractivity contribution >= 4 is 11.9 Å².